The van der Waals surface area contributed by atoms with Gasteiger partial charge in [0.25, 0.3) is 5.91 Å². The van der Waals surface area contributed by atoms with Gasteiger partial charge in [0.2, 0.25) is 5.91 Å². The zero-order valence-electron chi connectivity index (χ0n) is 16.9. The van der Waals surface area contributed by atoms with Crippen molar-refractivity contribution in [3.8, 4) is 5.75 Å². The summed E-state index contributed by atoms with van der Waals surface area (Å²) in [5, 5.41) is 5.94. The Bertz CT molecular complexity index is 797. The second-order valence-corrected chi connectivity index (χ2v) is 7.20. The minimum absolute atomic E-state index is 0.0654. The Morgan fingerprint density at radius 2 is 1.59 bits per heavy atom. The van der Waals surface area contributed by atoms with Gasteiger partial charge in [0.1, 0.15) is 5.75 Å². The van der Waals surface area contributed by atoms with E-state index in [9.17, 15) is 9.59 Å². The first-order chi connectivity index (χ1) is 14.2. The third kappa shape index (κ3) is 6.24. The summed E-state index contributed by atoms with van der Waals surface area (Å²) in [5.41, 5.74) is 2.19. The van der Waals surface area contributed by atoms with Gasteiger partial charge >= 0.3 is 0 Å². The van der Waals surface area contributed by atoms with Crippen LogP contribution >= 0.6 is 0 Å². The van der Waals surface area contributed by atoms with Crippen molar-refractivity contribution in [2.24, 2.45) is 0 Å². The molecule has 1 aliphatic rings. The molecule has 2 N–H and O–H groups in total. The summed E-state index contributed by atoms with van der Waals surface area (Å²) in [6, 6.07) is 14.6. The van der Waals surface area contributed by atoms with E-state index in [1.54, 1.807) is 24.3 Å². The van der Waals surface area contributed by atoms with Gasteiger partial charge in [-0.25, -0.2) is 0 Å². The molecule has 1 heterocycles. The zero-order valence-corrected chi connectivity index (χ0v) is 16.9. The van der Waals surface area contributed by atoms with Gasteiger partial charge in [0.15, 0.2) is 0 Å². The summed E-state index contributed by atoms with van der Waals surface area (Å²) in [6.07, 6.45) is 4.30. The van der Waals surface area contributed by atoms with E-state index in [0.29, 0.717) is 17.9 Å². The van der Waals surface area contributed by atoms with Gasteiger partial charge in [-0.05, 0) is 74.2 Å². The molecule has 0 unspecified atom stereocenters. The maximum atomic E-state index is 12.5. The van der Waals surface area contributed by atoms with E-state index in [-0.39, 0.29) is 18.4 Å². The van der Waals surface area contributed by atoms with E-state index < -0.39 is 0 Å². The molecule has 3 rings (SSSR count). The van der Waals surface area contributed by atoms with E-state index in [4.69, 9.17) is 4.74 Å². The molecule has 0 saturated carbocycles. The first-order valence-electron chi connectivity index (χ1n) is 10.3. The lowest BCUT2D eigenvalue weighted by Crippen LogP contribution is -2.35. The molecule has 6 nitrogen and oxygen atoms in total. The van der Waals surface area contributed by atoms with Gasteiger partial charge in [-0.3, -0.25) is 9.59 Å². The molecule has 2 aromatic rings. The highest BCUT2D eigenvalue weighted by atomic mass is 16.5. The molecule has 2 aromatic carbocycles. The number of nitrogens with zero attached hydrogens (tertiary/aromatic N) is 1. The molecule has 0 aliphatic carbocycles. The number of anilines is 2. The Hall–Kier alpha value is -3.02. The van der Waals surface area contributed by atoms with Crippen LogP contribution in [-0.2, 0) is 4.79 Å². The fourth-order valence-electron chi connectivity index (χ4n) is 3.25. The molecule has 0 aromatic heterocycles. The maximum absolute atomic E-state index is 12.5. The number of piperidine rings is 1. The van der Waals surface area contributed by atoms with Crippen molar-refractivity contribution >= 4 is 23.2 Å². The fourth-order valence-corrected chi connectivity index (χ4v) is 3.25. The number of carbonyl (C=O) groups is 2. The minimum atomic E-state index is -0.147. The highest BCUT2D eigenvalue weighted by molar-refractivity contribution is 5.96. The summed E-state index contributed by atoms with van der Waals surface area (Å²) in [6.45, 7) is 4.57. The minimum Gasteiger partial charge on any atom is -0.494 e. The van der Waals surface area contributed by atoms with Gasteiger partial charge in [0.05, 0.1) is 13.2 Å². The Labute approximate surface area is 172 Å². The number of likely N-dealkylation sites (tertiary alicyclic amines) is 1. The van der Waals surface area contributed by atoms with Crippen LogP contribution in [0.5, 0.6) is 5.75 Å². The van der Waals surface area contributed by atoms with Gasteiger partial charge in [-0.2, -0.15) is 0 Å². The van der Waals surface area contributed by atoms with Crippen LogP contribution in [0.3, 0.4) is 0 Å². The molecule has 1 aliphatic heterocycles. The largest absolute Gasteiger partial charge is 0.494 e. The second kappa shape index (κ2) is 10.5. The summed E-state index contributed by atoms with van der Waals surface area (Å²) >= 11 is 0. The van der Waals surface area contributed by atoms with Crippen molar-refractivity contribution < 1.29 is 14.3 Å². The van der Waals surface area contributed by atoms with Crippen molar-refractivity contribution in [2.45, 2.75) is 32.6 Å². The summed E-state index contributed by atoms with van der Waals surface area (Å²) in [5.74, 6) is 0.739. The van der Waals surface area contributed by atoms with Crippen LogP contribution in [0.15, 0.2) is 48.5 Å². The molecular formula is C23H29N3O3. The number of ether oxygens (including phenoxy) is 1. The molecule has 0 spiro atoms. The van der Waals surface area contributed by atoms with Gasteiger partial charge in [-0.15, -0.1) is 0 Å². The summed E-state index contributed by atoms with van der Waals surface area (Å²) in [4.78, 5) is 26.6. The number of rotatable bonds is 8. The molecule has 0 atom stereocenters. The quantitative estimate of drug-likeness (QED) is 0.704. The maximum Gasteiger partial charge on any atom is 0.253 e. The van der Waals surface area contributed by atoms with Gasteiger partial charge in [0, 0.05) is 30.0 Å². The topological polar surface area (TPSA) is 70.7 Å². The lowest BCUT2D eigenvalue weighted by molar-refractivity contribution is -0.114. The van der Waals surface area contributed by atoms with Crippen LogP contribution < -0.4 is 15.4 Å². The standard InChI is InChI=1S/C23H29N3O3/c1-2-16-29-21-12-10-19(11-13-21)24-17-22(27)25-20-8-6-18(7-9-20)23(28)26-14-4-3-5-15-26/h6-13,24H,2-5,14-17H2,1H3,(H,25,27). The monoisotopic (exact) mass is 395 g/mol. The fraction of sp³-hybridized carbons (Fsp3) is 0.391. The number of hydrogen-bond acceptors (Lipinski definition) is 4. The highest BCUT2D eigenvalue weighted by Crippen LogP contribution is 2.17. The predicted molar refractivity (Wildman–Crippen MR) is 116 cm³/mol. The molecule has 1 saturated heterocycles. The van der Waals surface area contributed by atoms with Crippen LogP contribution in [0.25, 0.3) is 0 Å². The average molecular weight is 396 g/mol. The Balaban J connectivity index is 1.46. The summed E-state index contributed by atoms with van der Waals surface area (Å²) in [7, 11) is 0. The molecule has 2 amide bonds. The number of carbonyl (C=O) groups excluding carboxylic acids is 2. The van der Waals surface area contributed by atoms with Gasteiger partial charge in [-0.1, -0.05) is 6.92 Å². The van der Waals surface area contributed by atoms with E-state index in [1.165, 1.54) is 6.42 Å². The first-order valence-corrected chi connectivity index (χ1v) is 10.3. The first kappa shape index (κ1) is 20.7. The van der Waals surface area contributed by atoms with Crippen LogP contribution in [0.4, 0.5) is 11.4 Å². The number of hydrogen-bond donors (Lipinski definition) is 2. The highest BCUT2D eigenvalue weighted by Gasteiger charge is 2.17. The Kier molecular flexibility index (Phi) is 7.50. The number of nitrogens with one attached hydrogen (secondary N) is 2. The van der Waals surface area contributed by atoms with Crippen molar-refractivity contribution in [1.29, 1.82) is 0 Å². The van der Waals surface area contributed by atoms with E-state index in [2.05, 4.69) is 17.6 Å². The number of benzene rings is 2. The lowest BCUT2D eigenvalue weighted by Gasteiger charge is -2.26. The van der Waals surface area contributed by atoms with Crippen LogP contribution in [0, 0.1) is 0 Å². The SMILES string of the molecule is CCCOc1ccc(NCC(=O)Nc2ccc(C(=O)N3CCCCC3)cc2)cc1. The second-order valence-electron chi connectivity index (χ2n) is 7.20. The molecule has 1 fully saturated rings. The Morgan fingerprint density at radius 1 is 0.931 bits per heavy atom. The van der Waals surface area contributed by atoms with Crippen LogP contribution in [0.1, 0.15) is 43.0 Å². The average Bonchev–Trinajstić information content (AvgIpc) is 2.77. The lowest BCUT2D eigenvalue weighted by atomic mass is 10.1. The van der Waals surface area contributed by atoms with Crippen molar-refractivity contribution in [3.05, 3.63) is 54.1 Å². The van der Waals surface area contributed by atoms with Crippen molar-refractivity contribution in [2.75, 3.05) is 36.9 Å². The van der Waals surface area contributed by atoms with Crippen LogP contribution in [-0.4, -0.2) is 43.0 Å². The molecule has 0 bridgehead atoms. The zero-order chi connectivity index (χ0) is 20.5. The van der Waals surface area contributed by atoms with Crippen molar-refractivity contribution in [1.82, 2.24) is 4.90 Å². The molecular weight excluding hydrogens is 366 g/mol. The van der Waals surface area contributed by atoms with E-state index in [0.717, 1.165) is 43.8 Å². The van der Waals surface area contributed by atoms with Gasteiger partial charge < -0.3 is 20.3 Å². The molecule has 6 heteroatoms. The molecule has 0 radical (unpaired) electrons. The van der Waals surface area contributed by atoms with E-state index >= 15 is 0 Å². The van der Waals surface area contributed by atoms with Crippen molar-refractivity contribution in [3.63, 3.8) is 0 Å². The van der Waals surface area contributed by atoms with Crippen LogP contribution in [0.2, 0.25) is 0 Å². The smallest absolute Gasteiger partial charge is 0.253 e. The third-order valence-electron chi connectivity index (χ3n) is 4.84. The predicted octanol–water partition coefficient (Wildman–Crippen LogP) is 4.15. The summed E-state index contributed by atoms with van der Waals surface area (Å²) < 4.78 is 5.55. The van der Waals surface area contributed by atoms with E-state index in [1.807, 2.05) is 29.2 Å². The Morgan fingerprint density at radius 3 is 2.24 bits per heavy atom. The third-order valence-corrected chi connectivity index (χ3v) is 4.84. The number of amides is 2. The molecule has 29 heavy (non-hydrogen) atoms. The molecule has 154 valence electrons. The normalized spacial score (nSPS) is 13.6.